The van der Waals surface area contributed by atoms with E-state index in [9.17, 15) is 18.0 Å². The highest BCUT2D eigenvalue weighted by molar-refractivity contribution is 7.93. The Balaban J connectivity index is 1.82. The summed E-state index contributed by atoms with van der Waals surface area (Å²) in [7, 11) is -4.24. The number of carbonyl (C=O) groups excluding carboxylic acids is 2. The fraction of sp³-hybridized carbons (Fsp3) is 0.310. The molecule has 4 rings (SSSR count). The van der Waals surface area contributed by atoms with Crippen LogP contribution in [0.2, 0.25) is 0 Å². The van der Waals surface area contributed by atoms with E-state index < -0.39 is 45.0 Å². The minimum Gasteiger partial charge on any atom is -0.462 e. The normalized spacial score (nSPS) is 20.2. The van der Waals surface area contributed by atoms with Crippen molar-refractivity contribution in [2.45, 2.75) is 55.5 Å². The van der Waals surface area contributed by atoms with Gasteiger partial charge in [0.2, 0.25) is 14.8 Å². The van der Waals surface area contributed by atoms with E-state index in [1.165, 1.54) is 26.0 Å². The summed E-state index contributed by atoms with van der Waals surface area (Å²) in [6.07, 6.45) is -3.45. The van der Waals surface area contributed by atoms with E-state index >= 15 is 0 Å². The molecule has 3 aromatic rings. The minimum absolute atomic E-state index is 0.0314. The van der Waals surface area contributed by atoms with Crippen molar-refractivity contribution in [2.24, 2.45) is 0 Å². The first-order valence-electron chi connectivity index (χ1n) is 12.2. The lowest BCUT2D eigenvalue weighted by atomic mass is 10.0. The average molecular weight is 539 g/mol. The molecular formula is C29H30O8S. The minimum atomic E-state index is -4.24. The van der Waals surface area contributed by atoms with Gasteiger partial charge in [-0.3, -0.25) is 9.59 Å². The molecule has 4 atom stereocenters. The summed E-state index contributed by atoms with van der Waals surface area (Å²) in [5, 5.41) is 0. The lowest BCUT2D eigenvalue weighted by Crippen LogP contribution is -2.42. The third kappa shape index (κ3) is 5.80. The zero-order valence-electron chi connectivity index (χ0n) is 21.4. The van der Waals surface area contributed by atoms with E-state index in [4.69, 9.17) is 18.9 Å². The first-order valence-corrected chi connectivity index (χ1v) is 13.6. The Morgan fingerprint density at radius 1 is 0.895 bits per heavy atom. The molecule has 0 aliphatic carbocycles. The van der Waals surface area contributed by atoms with Gasteiger partial charge in [0.15, 0.2) is 6.10 Å². The molecule has 3 aromatic carbocycles. The van der Waals surface area contributed by atoms with Gasteiger partial charge in [-0.15, -0.1) is 0 Å². The second kappa shape index (κ2) is 11.5. The molecule has 1 aliphatic rings. The maximum atomic E-state index is 14.3. The standard InChI is InChI=1S/C29H30O8S/c1-20-14-16-25(17-15-20)38(32,33)29(28(37-29)26(36-22(3)31)19-34-21(2)30)27(24-12-8-5-9-13-24)35-18-23-10-6-4-7-11-23/h4-17,26-28H,18-19H2,1-3H3/t26-,27-,28-,29-/m0/s1. The van der Waals surface area contributed by atoms with Crippen LogP contribution in [0.5, 0.6) is 0 Å². The quantitative estimate of drug-likeness (QED) is 0.262. The summed E-state index contributed by atoms with van der Waals surface area (Å²) in [4.78, 5) is 21.6. The summed E-state index contributed by atoms with van der Waals surface area (Å²) in [6, 6.07) is 24.6. The molecule has 9 heteroatoms. The van der Waals surface area contributed by atoms with Crippen LogP contribution in [0.15, 0.2) is 89.8 Å². The fourth-order valence-electron chi connectivity index (χ4n) is 4.39. The van der Waals surface area contributed by atoms with Gasteiger partial charge in [-0.05, 0) is 30.2 Å². The van der Waals surface area contributed by atoms with Crippen LogP contribution in [0.4, 0.5) is 0 Å². The van der Waals surface area contributed by atoms with Crippen molar-refractivity contribution < 1.29 is 37.0 Å². The molecule has 0 unspecified atom stereocenters. The van der Waals surface area contributed by atoms with Crippen molar-refractivity contribution in [3.05, 3.63) is 102 Å². The molecule has 0 radical (unpaired) electrons. The van der Waals surface area contributed by atoms with Gasteiger partial charge in [0, 0.05) is 13.8 Å². The van der Waals surface area contributed by atoms with Gasteiger partial charge in [-0.25, -0.2) is 8.42 Å². The number of hydrogen-bond donors (Lipinski definition) is 0. The Labute approximate surface area is 222 Å². The van der Waals surface area contributed by atoms with E-state index in [0.717, 1.165) is 11.1 Å². The van der Waals surface area contributed by atoms with Gasteiger partial charge in [0.25, 0.3) is 0 Å². The molecule has 1 aliphatic heterocycles. The largest absolute Gasteiger partial charge is 0.462 e. The second-order valence-corrected chi connectivity index (χ2v) is 11.2. The molecular weight excluding hydrogens is 508 g/mol. The fourth-order valence-corrected chi connectivity index (χ4v) is 6.43. The molecule has 0 spiro atoms. The lowest BCUT2D eigenvalue weighted by Gasteiger charge is -2.27. The van der Waals surface area contributed by atoms with Crippen molar-refractivity contribution in [1.82, 2.24) is 0 Å². The zero-order chi connectivity index (χ0) is 27.3. The summed E-state index contributed by atoms with van der Waals surface area (Å²) in [5.41, 5.74) is 2.29. The van der Waals surface area contributed by atoms with Crippen LogP contribution >= 0.6 is 0 Å². The number of aryl methyl sites for hydroxylation is 1. The van der Waals surface area contributed by atoms with E-state index in [1.807, 2.05) is 43.3 Å². The van der Waals surface area contributed by atoms with Gasteiger partial charge in [-0.2, -0.15) is 0 Å². The number of benzene rings is 3. The predicted octanol–water partition coefficient (Wildman–Crippen LogP) is 4.32. The highest BCUT2D eigenvalue weighted by atomic mass is 32.2. The molecule has 1 saturated heterocycles. The van der Waals surface area contributed by atoms with Crippen LogP contribution in [0, 0.1) is 6.92 Å². The number of rotatable bonds is 11. The Bertz CT molecular complexity index is 1360. The van der Waals surface area contributed by atoms with Crippen LogP contribution in [0.25, 0.3) is 0 Å². The Hall–Kier alpha value is -3.53. The first kappa shape index (κ1) is 27.5. The monoisotopic (exact) mass is 538 g/mol. The molecule has 1 fully saturated rings. The highest BCUT2D eigenvalue weighted by Gasteiger charge is 2.75. The van der Waals surface area contributed by atoms with Crippen LogP contribution in [-0.2, 0) is 45.0 Å². The third-order valence-electron chi connectivity index (χ3n) is 6.23. The summed E-state index contributed by atoms with van der Waals surface area (Å²) >= 11 is 0. The van der Waals surface area contributed by atoms with Gasteiger partial charge >= 0.3 is 11.9 Å². The van der Waals surface area contributed by atoms with Crippen molar-refractivity contribution in [2.75, 3.05) is 6.61 Å². The molecule has 0 bridgehead atoms. The van der Waals surface area contributed by atoms with Crippen LogP contribution in [0.3, 0.4) is 0 Å². The molecule has 0 N–H and O–H groups in total. The van der Waals surface area contributed by atoms with Crippen molar-refractivity contribution in [3.63, 3.8) is 0 Å². The average Bonchev–Trinajstić information content (AvgIpc) is 3.65. The Kier molecular flexibility index (Phi) is 8.30. The molecule has 200 valence electrons. The second-order valence-electron chi connectivity index (χ2n) is 9.11. The number of epoxide rings is 1. The van der Waals surface area contributed by atoms with Gasteiger partial charge in [-0.1, -0.05) is 78.4 Å². The van der Waals surface area contributed by atoms with Crippen molar-refractivity contribution in [3.8, 4) is 0 Å². The van der Waals surface area contributed by atoms with E-state index in [0.29, 0.717) is 5.56 Å². The summed E-state index contributed by atoms with van der Waals surface area (Å²) < 4.78 is 51.6. The maximum Gasteiger partial charge on any atom is 0.303 e. The summed E-state index contributed by atoms with van der Waals surface area (Å²) in [6.45, 7) is 3.99. The molecule has 0 aromatic heterocycles. The van der Waals surface area contributed by atoms with Crippen LogP contribution in [0.1, 0.15) is 36.6 Å². The van der Waals surface area contributed by atoms with Crippen molar-refractivity contribution >= 4 is 21.8 Å². The molecule has 0 amide bonds. The molecule has 1 heterocycles. The smallest absolute Gasteiger partial charge is 0.303 e. The predicted molar refractivity (Wildman–Crippen MR) is 139 cm³/mol. The molecule has 8 nitrogen and oxygen atoms in total. The number of carbonyl (C=O) groups is 2. The SMILES string of the molecule is CC(=O)OC[C@H](OC(C)=O)[C@@H]1O[C@@]1([C@@H](OCc1ccccc1)c1ccccc1)S(=O)(=O)c1ccc(C)cc1. The van der Waals surface area contributed by atoms with Gasteiger partial charge in [0.05, 0.1) is 11.5 Å². The van der Waals surface area contributed by atoms with Gasteiger partial charge < -0.3 is 18.9 Å². The third-order valence-corrected chi connectivity index (χ3v) is 8.51. The van der Waals surface area contributed by atoms with Crippen LogP contribution in [-0.4, -0.2) is 44.1 Å². The molecule has 38 heavy (non-hydrogen) atoms. The number of sulfone groups is 1. The zero-order valence-corrected chi connectivity index (χ0v) is 22.2. The Morgan fingerprint density at radius 3 is 2.08 bits per heavy atom. The lowest BCUT2D eigenvalue weighted by molar-refractivity contribution is -0.157. The Morgan fingerprint density at radius 2 is 1.50 bits per heavy atom. The van der Waals surface area contributed by atoms with Crippen molar-refractivity contribution in [1.29, 1.82) is 0 Å². The number of ether oxygens (including phenoxy) is 4. The number of esters is 2. The summed E-state index contributed by atoms with van der Waals surface area (Å²) in [5.74, 6) is -1.27. The maximum absolute atomic E-state index is 14.3. The van der Waals surface area contributed by atoms with E-state index in [-0.39, 0.29) is 18.1 Å². The highest BCUT2D eigenvalue weighted by Crippen LogP contribution is 2.56. The first-order chi connectivity index (χ1) is 18.1. The topological polar surface area (TPSA) is 108 Å². The van der Waals surface area contributed by atoms with E-state index in [2.05, 4.69) is 0 Å². The van der Waals surface area contributed by atoms with Crippen LogP contribution < -0.4 is 0 Å². The number of hydrogen-bond acceptors (Lipinski definition) is 8. The molecule has 0 saturated carbocycles. The van der Waals surface area contributed by atoms with Gasteiger partial charge in [0.1, 0.15) is 18.8 Å². The van der Waals surface area contributed by atoms with E-state index in [1.54, 1.807) is 36.4 Å².